The van der Waals surface area contributed by atoms with Crippen molar-refractivity contribution in [1.82, 2.24) is 24.2 Å². The molecule has 0 radical (unpaired) electrons. The van der Waals surface area contributed by atoms with Crippen LogP contribution in [0.2, 0.25) is 0 Å². The van der Waals surface area contributed by atoms with Gasteiger partial charge in [-0.05, 0) is 24.6 Å². The molecule has 0 unspecified atom stereocenters. The Kier molecular flexibility index (Phi) is 4.27. The van der Waals surface area contributed by atoms with Crippen molar-refractivity contribution in [1.29, 1.82) is 0 Å². The highest BCUT2D eigenvalue weighted by Gasteiger charge is 2.18. The Morgan fingerprint density at radius 3 is 2.93 bits per heavy atom. The van der Waals surface area contributed by atoms with Crippen LogP contribution < -0.4 is 15.0 Å². The molecule has 1 aromatic carbocycles. The van der Waals surface area contributed by atoms with Crippen LogP contribution in [0.15, 0.2) is 35.5 Å². The number of hydrogen-bond acceptors (Lipinski definition) is 6. The zero-order valence-corrected chi connectivity index (χ0v) is 15.1. The van der Waals surface area contributed by atoms with E-state index in [1.165, 1.54) is 21.8 Å². The summed E-state index contributed by atoms with van der Waals surface area (Å²) in [4.78, 5) is 31.2. The first-order valence-electron chi connectivity index (χ1n) is 8.60. The predicted octanol–water partition coefficient (Wildman–Crippen LogP) is 0.907. The topological polar surface area (TPSA) is 91.5 Å². The summed E-state index contributed by atoms with van der Waals surface area (Å²) in [5.41, 5.74) is 1.15. The average molecular weight is 369 g/mol. The van der Waals surface area contributed by atoms with Crippen LogP contribution in [0, 0.1) is 0 Å². The Morgan fingerprint density at radius 2 is 2.11 bits per heavy atom. The highest BCUT2D eigenvalue weighted by Crippen LogP contribution is 2.32. The molecule has 3 heterocycles. The number of fused-ring (bicyclic) bond motifs is 2. The molecule has 140 valence electrons. The number of benzene rings is 1. The maximum absolute atomic E-state index is 12.7. The SMILES string of the molecule is CCN(Cc1ccc2c(c1)OCO2)C(=O)Cn1cnc2c(cnn2C)c1=O. The number of rotatable bonds is 5. The lowest BCUT2D eigenvalue weighted by atomic mass is 10.2. The second-order valence-corrected chi connectivity index (χ2v) is 6.28. The number of ether oxygens (including phenoxy) is 2. The van der Waals surface area contributed by atoms with Gasteiger partial charge in [0.1, 0.15) is 18.3 Å². The maximum Gasteiger partial charge on any atom is 0.264 e. The Hall–Kier alpha value is -3.36. The largest absolute Gasteiger partial charge is 0.454 e. The predicted molar refractivity (Wildman–Crippen MR) is 96.4 cm³/mol. The molecule has 9 nitrogen and oxygen atoms in total. The van der Waals surface area contributed by atoms with Gasteiger partial charge in [0.25, 0.3) is 5.56 Å². The minimum absolute atomic E-state index is 0.0743. The van der Waals surface area contributed by atoms with Crippen molar-refractivity contribution in [3.63, 3.8) is 0 Å². The summed E-state index contributed by atoms with van der Waals surface area (Å²) in [6.45, 7) is 2.97. The lowest BCUT2D eigenvalue weighted by Gasteiger charge is -2.21. The first-order chi connectivity index (χ1) is 13.1. The van der Waals surface area contributed by atoms with E-state index in [1.807, 2.05) is 25.1 Å². The number of aromatic nitrogens is 4. The molecule has 27 heavy (non-hydrogen) atoms. The molecule has 3 aromatic rings. The summed E-state index contributed by atoms with van der Waals surface area (Å²) in [5, 5.41) is 4.43. The third kappa shape index (κ3) is 3.12. The van der Waals surface area contributed by atoms with Gasteiger partial charge in [-0.3, -0.25) is 18.8 Å². The van der Waals surface area contributed by atoms with Crippen LogP contribution in [-0.2, 0) is 24.9 Å². The fourth-order valence-corrected chi connectivity index (χ4v) is 3.06. The minimum Gasteiger partial charge on any atom is -0.454 e. The van der Waals surface area contributed by atoms with E-state index >= 15 is 0 Å². The van der Waals surface area contributed by atoms with E-state index in [0.717, 1.165) is 5.56 Å². The molecule has 9 heteroatoms. The lowest BCUT2D eigenvalue weighted by molar-refractivity contribution is -0.132. The van der Waals surface area contributed by atoms with Gasteiger partial charge in [0.2, 0.25) is 12.7 Å². The Balaban J connectivity index is 1.52. The Bertz CT molecular complexity index is 1070. The van der Waals surface area contributed by atoms with Crippen LogP contribution >= 0.6 is 0 Å². The molecule has 0 atom stereocenters. The number of amides is 1. The van der Waals surface area contributed by atoms with Gasteiger partial charge in [0.15, 0.2) is 17.1 Å². The van der Waals surface area contributed by atoms with Gasteiger partial charge in [0.05, 0.1) is 6.20 Å². The number of aryl methyl sites for hydroxylation is 1. The summed E-state index contributed by atoms with van der Waals surface area (Å²) < 4.78 is 13.5. The third-order valence-corrected chi connectivity index (χ3v) is 4.57. The van der Waals surface area contributed by atoms with Gasteiger partial charge in [-0.15, -0.1) is 0 Å². The van der Waals surface area contributed by atoms with Crippen molar-refractivity contribution < 1.29 is 14.3 Å². The molecule has 0 N–H and O–H groups in total. The van der Waals surface area contributed by atoms with Crippen molar-refractivity contribution in [3.05, 3.63) is 46.6 Å². The molecule has 4 rings (SSSR count). The van der Waals surface area contributed by atoms with E-state index in [2.05, 4.69) is 10.1 Å². The minimum atomic E-state index is -0.277. The van der Waals surface area contributed by atoms with E-state index in [1.54, 1.807) is 11.9 Å². The van der Waals surface area contributed by atoms with Crippen LogP contribution in [0.3, 0.4) is 0 Å². The molecule has 0 saturated heterocycles. The zero-order valence-electron chi connectivity index (χ0n) is 15.1. The number of hydrogen-bond donors (Lipinski definition) is 0. The van der Waals surface area contributed by atoms with Crippen molar-refractivity contribution >= 4 is 16.9 Å². The highest BCUT2D eigenvalue weighted by molar-refractivity contribution is 5.77. The third-order valence-electron chi connectivity index (χ3n) is 4.57. The molecule has 2 aromatic heterocycles. The summed E-state index contributed by atoms with van der Waals surface area (Å²) in [5.74, 6) is 1.22. The molecule has 1 aliphatic rings. The second kappa shape index (κ2) is 6.75. The molecule has 0 spiro atoms. The molecule has 0 bridgehead atoms. The zero-order chi connectivity index (χ0) is 19.0. The van der Waals surface area contributed by atoms with Gasteiger partial charge in [-0.2, -0.15) is 5.10 Å². The van der Waals surface area contributed by atoms with E-state index < -0.39 is 0 Å². The number of likely N-dealkylation sites (N-methyl/N-ethyl adjacent to an activating group) is 1. The van der Waals surface area contributed by atoms with Crippen LogP contribution in [0.5, 0.6) is 11.5 Å². The van der Waals surface area contributed by atoms with E-state index in [-0.39, 0.29) is 24.8 Å². The molecule has 1 amide bonds. The lowest BCUT2D eigenvalue weighted by Crippen LogP contribution is -2.36. The van der Waals surface area contributed by atoms with Gasteiger partial charge in [-0.25, -0.2) is 4.98 Å². The van der Waals surface area contributed by atoms with Crippen molar-refractivity contribution in [2.75, 3.05) is 13.3 Å². The van der Waals surface area contributed by atoms with Crippen LogP contribution in [0.4, 0.5) is 0 Å². The molecule has 0 saturated carbocycles. The Labute approximate surface area is 154 Å². The van der Waals surface area contributed by atoms with Crippen molar-refractivity contribution in [2.45, 2.75) is 20.0 Å². The normalized spacial score (nSPS) is 12.5. The molecular weight excluding hydrogens is 350 g/mol. The van der Waals surface area contributed by atoms with Gasteiger partial charge in [0, 0.05) is 20.1 Å². The molecular formula is C18H19N5O4. The summed E-state index contributed by atoms with van der Waals surface area (Å²) >= 11 is 0. The number of carbonyl (C=O) groups is 1. The van der Waals surface area contributed by atoms with Gasteiger partial charge < -0.3 is 14.4 Å². The fourth-order valence-electron chi connectivity index (χ4n) is 3.06. The van der Waals surface area contributed by atoms with Crippen LogP contribution in [-0.4, -0.2) is 43.5 Å². The molecule has 0 fully saturated rings. The maximum atomic E-state index is 12.7. The number of carbonyl (C=O) groups excluding carboxylic acids is 1. The quantitative estimate of drug-likeness (QED) is 0.664. The van der Waals surface area contributed by atoms with Gasteiger partial charge in [-0.1, -0.05) is 6.07 Å². The highest BCUT2D eigenvalue weighted by atomic mass is 16.7. The number of nitrogens with zero attached hydrogens (tertiary/aromatic N) is 5. The Morgan fingerprint density at radius 1 is 1.30 bits per heavy atom. The summed E-state index contributed by atoms with van der Waals surface area (Å²) in [6.07, 6.45) is 2.86. The molecule has 1 aliphatic heterocycles. The van der Waals surface area contributed by atoms with E-state index in [4.69, 9.17) is 9.47 Å². The second-order valence-electron chi connectivity index (χ2n) is 6.28. The summed E-state index contributed by atoms with van der Waals surface area (Å²) in [7, 11) is 1.72. The standard InChI is InChI=1S/C18H19N5O4/c1-3-22(8-12-4-5-14-15(6-12)27-11-26-14)16(24)9-23-10-19-17-13(18(23)25)7-20-21(17)2/h4-7,10H,3,8-9,11H2,1-2H3. The van der Waals surface area contributed by atoms with Crippen molar-refractivity contribution in [2.24, 2.45) is 7.05 Å². The monoisotopic (exact) mass is 369 g/mol. The molecule has 0 aliphatic carbocycles. The van der Waals surface area contributed by atoms with Crippen LogP contribution in [0.25, 0.3) is 11.0 Å². The first kappa shape index (κ1) is 17.1. The first-order valence-corrected chi connectivity index (χ1v) is 8.60. The average Bonchev–Trinajstić information content (AvgIpc) is 3.28. The van der Waals surface area contributed by atoms with Gasteiger partial charge >= 0.3 is 0 Å². The van der Waals surface area contributed by atoms with E-state index in [9.17, 15) is 9.59 Å². The smallest absolute Gasteiger partial charge is 0.264 e. The summed E-state index contributed by atoms with van der Waals surface area (Å²) in [6, 6.07) is 5.60. The van der Waals surface area contributed by atoms with E-state index in [0.29, 0.717) is 35.6 Å². The van der Waals surface area contributed by atoms with Crippen molar-refractivity contribution in [3.8, 4) is 11.5 Å². The van der Waals surface area contributed by atoms with Crippen LogP contribution in [0.1, 0.15) is 12.5 Å². The fraction of sp³-hybridized carbons (Fsp3) is 0.333.